The SMILES string of the molecule is Cc1ccc(NC(=O)Nc2ccc(Cl)cc2)c(NC(=O)CN)c1. The largest absolute Gasteiger partial charge is 0.323 e. The van der Waals surface area contributed by atoms with Gasteiger partial charge in [0.05, 0.1) is 17.9 Å². The van der Waals surface area contributed by atoms with Gasteiger partial charge in [-0.1, -0.05) is 17.7 Å². The molecule has 0 unspecified atom stereocenters. The maximum absolute atomic E-state index is 12.1. The zero-order valence-corrected chi connectivity index (χ0v) is 13.3. The van der Waals surface area contributed by atoms with Crippen molar-refractivity contribution in [3.05, 3.63) is 53.1 Å². The molecule has 0 atom stereocenters. The Morgan fingerprint density at radius 3 is 2.35 bits per heavy atom. The van der Waals surface area contributed by atoms with E-state index in [0.717, 1.165) is 5.56 Å². The fourth-order valence-electron chi connectivity index (χ4n) is 1.89. The Morgan fingerprint density at radius 2 is 1.70 bits per heavy atom. The molecular formula is C16H17ClN4O2. The third-order valence-corrected chi connectivity index (χ3v) is 3.24. The first-order valence-electron chi connectivity index (χ1n) is 6.92. The summed E-state index contributed by atoms with van der Waals surface area (Å²) in [7, 11) is 0. The van der Waals surface area contributed by atoms with Crippen molar-refractivity contribution in [2.45, 2.75) is 6.92 Å². The molecule has 0 aliphatic carbocycles. The lowest BCUT2D eigenvalue weighted by atomic mass is 10.2. The first-order chi connectivity index (χ1) is 11.0. The highest BCUT2D eigenvalue weighted by molar-refractivity contribution is 6.30. The summed E-state index contributed by atoms with van der Waals surface area (Å²) in [6.07, 6.45) is 0. The van der Waals surface area contributed by atoms with Crippen molar-refractivity contribution in [2.75, 3.05) is 22.5 Å². The van der Waals surface area contributed by atoms with E-state index < -0.39 is 6.03 Å². The van der Waals surface area contributed by atoms with E-state index in [1.54, 1.807) is 36.4 Å². The van der Waals surface area contributed by atoms with E-state index in [1.807, 2.05) is 13.0 Å². The van der Waals surface area contributed by atoms with Crippen LogP contribution in [0.5, 0.6) is 0 Å². The molecule has 0 saturated heterocycles. The summed E-state index contributed by atoms with van der Waals surface area (Å²) in [4.78, 5) is 23.5. The van der Waals surface area contributed by atoms with Crippen LogP contribution in [0.2, 0.25) is 5.02 Å². The van der Waals surface area contributed by atoms with E-state index in [0.29, 0.717) is 22.1 Å². The second-order valence-corrected chi connectivity index (χ2v) is 5.32. The number of urea groups is 1. The highest BCUT2D eigenvalue weighted by Crippen LogP contribution is 2.23. The van der Waals surface area contributed by atoms with Crippen molar-refractivity contribution in [2.24, 2.45) is 5.73 Å². The molecule has 5 N–H and O–H groups in total. The molecule has 6 nitrogen and oxygen atoms in total. The summed E-state index contributed by atoms with van der Waals surface area (Å²) in [5.74, 6) is -0.336. The molecule has 0 aliphatic heterocycles. The molecule has 2 rings (SSSR count). The normalized spacial score (nSPS) is 10.0. The van der Waals surface area contributed by atoms with Gasteiger partial charge in [0, 0.05) is 10.7 Å². The van der Waals surface area contributed by atoms with Gasteiger partial charge in [0.15, 0.2) is 0 Å². The monoisotopic (exact) mass is 332 g/mol. The number of amides is 3. The van der Waals surface area contributed by atoms with Crippen molar-refractivity contribution >= 4 is 40.6 Å². The molecule has 7 heteroatoms. The number of benzene rings is 2. The van der Waals surface area contributed by atoms with Crippen LogP contribution in [0.3, 0.4) is 0 Å². The summed E-state index contributed by atoms with van der Waals surface area (Å²) < 4.78 is 0. The van der Waals surface area contributed by atoms with Gasteiger partial charge in [-0.15, -0.1) is 0 Å². The predicted molar refractivity (Wildman–Crippen MR) is 93.0 cm³/mol. The lowest BCUT2D eigenvalue weighted by Gasteiger charge is -2.13. The van der Waals surface area contributed by atoms with Crippen LogP contribution in [0.15, 0.2) is 42.5 Å². The maximum Gasteiger partial charge on any atom is 0.323 e. The van der Waals surface area contributed by atoms with Gasteiger partial charge < -0.3 is 21.7 Å². The van der Waals surface area contributed by atoms with Crippen molar-refractivity contribution < 1.29 is 9.59 Å². The third kappa shape index (κ3) is 4.98. The Labute approximate surface area is 139 Å². The van der Waals surface area contributed by atoms with Crippen molar-refractivity contribution in [3.63, 3.8) is 0 Å². The van der Waals surface area contributed by atoms with Crippen molar-refractivity contribution in [1.82, 2.24) is 0 Å². The van der Waals surface area contributed by atoms with Crippen LogP contribution in [0.4, 0.5) is 21.9 Å². The maximum atomic E-state index is 12.1. The van der Waals surface area contributed by atoms with E-state index >= 15 is 0 Å². The average Bonchev–Trinajstić information content (AvgIpc) is 2.52. The minimum atomic E-state index is -0.431. The molecule has 0 saturated carbocycles. The average molecular weight is 333 g/mol. The highest BCUT2D eigenvalue weighted by Gasteiger charge is 2.09. The van der Waals surface area contributed by atoms with Gasteiger partial charge in [-0.3, -0.25) is 4.79 Å². The van der Waals surface area contributed by atoms with E-state index in [9.17, 15) is 9.59 Å². The molecule has 0 aromatic heterocycles. The van der Waals surface area contributed by atoms with Crippen LogP contribution < -0.4 is 21.7 Å². The Kier molecular flexibility index (Phi) is 5.56. The number of nitrogens with two attached hydrogens (primary N) is 1. The lowest BCUT2D eigenvalue weighted by Crippen LogP contribution is -2.24. The van der Waals surface area contributed by atoms with Gasteiger partial charge >= 0.3 is 6.03 Å². The Bertz CT molecular complexity index is 717. The number of halogens is 1. The van der Waals surface area contributed by atoms with Gasteiger partial charge in [-0.2, -0.15) is 0 Å². The second-order valence-electron chi connectivity index (χ2n) is 4.89. The molecule has 23 heavy (non-hydrogen) atoms. The number of nitrogens with one attached hydrogen (secondary N) is 3. The quantitative estimate of drug-likeness (QED) is 0.692. The van der Waals surface area contributed by atoms with E-state index in [2.05, 4.69) is 16.0 Å². The topological polar surface area (TPSA) is 96.2 Å². The molecule has 0 aliphatic rings. The minimum Gasteiger partial charge on any atom is -0.323 e. The summed E-state index contributed by atoms with van der Waals surface area (Å²) >= 11 is 5.80. The number of hydrogen-bond donors (Lipinski definition) is 4. The van der Waals surface area contributed by atoms with Crippen LogP contribution in [0, 0.1) is 6.92 Å². The van der Waals surface area contributed by atoms with E-state index in [1.165, 1.54) is 0 Å². The van der Waals surface area contributed by atoms with Gasteiger partial charge in [0.25, 0.3) is 0 Å². The standard InChI is InChI=1S/C16H17ClN4O2/c1-10-2-7-13(14(8-10)20-15(22)9-18)21-16(23)19-12-5-3-11(17)4-6-12/h2-8H,9,18H2,1H3,(H,20,22)(H2,19,21,23). The zero-order valence-electron chi connectivity index (χ0n) is 12.5. The molecule has 0 radical (unpaired) electrons. The van der Waals surface area contributed by atoms with Gasteiger partial charge in [-0.25, -0.2) is 4.79 Å². The third-order valence-electron chi connectivity index (χ3n) is 2.98. The fourth-order valence-corrected chi connectivity index (χ4v) is 2.02. The molecule has 2 aromatic carbocycles. The second kappa shape index (κ2) is 7.62. The fraction of sp³-hybridized carbons (Fsp3) is 0.125. The van der Waals surface area contributed by atoms with E-state index in [4.69, 9.17) is 17.3 Å². The Balaban J connectivity index is 2.10. The molecular weight excluding hydrogens is 316 g/mol. The van der Waals surface area contributed by atoms with Crippen LogP contribution in [0.25, 0.3) is 0 Å². The van der Waals surface area contributed by atoms with Crippen LogP contribution >= 0.6 is 11.6 Å². The lowest BCUT2D eigenvalue weighted by molar-refractivity contribution is -0.114. The molecule has 0 fully saturated rings. The number of anilines is 3. The molecule has 0 heterocycles. The number of carbonyl (C=O) groups is 2. The van der Waals surface area contributed by atoms with E-state index in [-0.39, 0.29) is 12.5 Å². The number of hydrogen-bond acceptors (Lipinski definition) is 3. The summed E-state index contributed by atoms with van der Waals surface area (Å²) in [5.41, 5.74) is 7.82. The van der Waals surface area contributed by atoms with Gasteiger partial charge in [-0.05, 0) is 48.9 Å². The molecule has 3 amide bonds. The first-order valence-corrected chi connectivity index (χ1v) is 7.30. The molecule has 2 aromatic rings. The number of aryl methyl sites for hydroxylation is 1. The Morgan fingerprint density at radius 1 is 1.00 bits per heavy atom. The smallest absolute Gasteiger partial charge is 0.323 e. The van der Waals surface area contributed by atoms with Gasteiger partial charge in [0.1, 0.15) is 0 Å². The minimum absolute atomic E-state index is 0.135. The number of rotatable bonds is 4. The van der Waals surface area contributed by atoms with Crippen molar-refractivity contribution in [1.29, 1.82) is 0 Å². The van der Waals surface area contributed by atoms with Crippen molar-refractivity contribution in [3.8, 4) is 0 Å². The molecule has 0 bridgehead atoms. The van der Waals surface area contributed by atoms with Gasteiger partial charge in [0.2, 0.25) is 5.91 Å². The summed E-state index contributed by atoms with van der Waals surface area (Å²) in [5, 5.41) is 8.61. The first kappa shape index (κ1) is 16.8. The predicted octanol–water partition coefficient (Wildman–Crippen LogP) is 3.19. The molecule has 0 spiro atoms. The molecule has 120 valence electrons. The summed E-state index contributed by atoms with van der Waals surface area (Å²) in [6, 6.07) is 11.6. The van der Waals surface area contributed by atoms with Crippen LogP contribution in [0.1, 0.15) is 5.56 Å². The number of carbonyl (C=O) groups excluding carboxylic acids is 2. The highest BCUT2D eigenvalue weighted by atomic mass is 35.5. The van der Waals surface area contributed by atoms with Crippen LogP contribution in [-0.2, 0) is 4.79 Å². The zero-order chi connectivity index (χ0) is 16.8. The Hall–Kier alpha value is -2.57. The van der Waals surface area contributed by atoms with Crippen LogP contribution in [-0.4, -0.2) is 18.5 Å². The summed E-state index contributed by atoms with van der Waals surface area (Å²) in [6.45, 7) is 1.75.